The molecule has 1 heterocycles. The number of carbonyl (C=O) groups is 1. The Hall–Kier alpha value is -2.40. The summed E-state index contributed by atoms with van der Waals surface area (Å²) >= 11 is 0.486. The molecule has 23 heavy (non-hydrogen) atoms. The minimum atomic E-state index is -4.60. The van der Waals surface area contributed by atoms with Crippen molar-refractivity contribution in [3.63, 3.8) is 0 Å². The second-order valence-corrected chi connectivity index (χ2v) is 5.54. The van der Waals surface area contributed by atoms with Crippen molar-refractivity contribution < 1.29 is 18.0 Å². The zero-order valence-electron chi connectivity index (χ0n) is 12.2. The van der Waals surface area contributed by atoms with Crippen LogP contribution in [-0.2, 0) is 0 Å². The van der Waals surface area contributed by atoms with Crippen molar-refractivity contribution in [1.29, 1.82) is 5.26 Å². The first-order valence-corrected chi connectivity index (χ1v) is 7.60. The predicted octanol–water partition coefficient (Wildman–Crippen LogP) is 3.73. The van der Waals surface area contributed by atoms with Crippen molar-refractivity contribution in [2.75, 3.05) is 6.26 Å². The maximum absolute atomic E-state index is 13.1. The molecule has 2 N–H and O–H groups in total. The Morgan fingerprint density at radius 1 is 1.39 bits per heavy atom. The van der Waals surface area contributed by atoms with Gasteiger partial charge in [-0.15, -0.1) is 11.8 Å². The van der Waals surface area contributed by atoms with Gasteiger partial charge in [-0.05, 0) is 24.5 Å². The van der Waals surface area contributed by atoms with Crippen molar-refractivity contribution in [2.24, 2.45) is 5.73 Å². The normalized spacial score (nSPS) is 12.9. The number of aromatic nitrogens is 1. The molecule has 0 saturated carbocycles. The third kappa shape index (κ3) is 3.05. The van der Waals surface area contributed by atoms with Crippen LogP contribution in [0.15, 0.2) is 29.3 Å². The lowest BCUT2D eigenvalue weighted by atomic mass is 10.1. The molecule has 0 saturated heterocycles. The molecule has 2 aromatic rings. The van der Waals surface area contributed by atoms with E-state index < -0.39 is 16.8 Å². The zero-order valence-corrected chi connectivity index (χ0v) is 13.0. The number of nitriles is 1. The van der Waals surface area contributed by atoms with Gasteiger partial charge in [0, 0.05) is 24.1 Å². The number of nitrogens with zero attached hydrogens (tertiary/aromatic N) is 2. The van der Waals surface area contributed by atoms with E-state index in [0.717, 1.165) is 0 Å². The summed E-state index contributed by atoms with van der Waals surface area (Å²) in [6, 6.07) is 6.34. The maximum atomic E-state index is 13.1. The first-order valence-electron chi connectivity index (χ1n) is 6.38. The lowest BCUT2D eigenvalue weighted by molar-refractivity contribution is -0.0831. The number of carbonyl (C=O) groups excluding carboxylic acids is 1. The van der Waals surface area contributed by atoms with Gasteiger partial charge in [0.2, 0.25) is 5.91 Å². The van der Waals surface area contributed by atoms with Crippen molar-refractivity contribution in [2.45, 2.75) is 13.1 Å². The molecule has 0 radical (unpaired) electrons. The lowest BCUT2D eigenvalue weighted by Gasteiger charge is -2.12. The Balaban J connectivity index is 2.86. The number of hydrogen-bond acceptors (Lipinski definition) is 4. The summed E-state index contributed by atoms with van der Waals surface area (Å²) in [5.41, 5.74) is 6.02. The van der Waals surface area contributed by atoms with Gasteiger partial charge in [0.05, 0.1) is 22.8 Å². The van der Waals surface area contributed by atoms with Gasteiger partial charge in [0.15, 0.2) is 0 Å². The van der Waals surface area contributed by atoms with Gasteiger partial charge in [-0.2, -0.15) is 18.4 Å². The first kappa shape index (κ1) is 17.0. The van der Waals surface area contributed by atoms with E-state index in [1.807, 2.05) is 6.07 Å². The van der Waals surface area contributed by atoms with Gasteiger partial charge >= 0.3 is 6.18 Å². The number of nitrogens with two attached hydrogens (primary N) is 1. The van der Waals surface area contributed by atoms with Gasteiger partial charge in [0.1, 0.15) is 4.91 Å². The number of benzene rings is 1. The Morgan fingerprint density at radius 2 is 2.04 bits per heavy atom. The number of thioether (sulfide) groups is 1. The third-order valence-electron chi connectivity index (χ3n) is 3.27. The second kappa shape index (κ2) is 6.01. The van der Waals surface area contributed by atoms with Gasteiger partial charge in [-0.1, -0.05) is 0 Å². The number of hydrogen-bond donors (Lipinski definition) is 1. The molecule has 0 amide bonds. The summed E-state index contributed by atoms with van der Waals surface area (Å²) < 4.78 is 40.5. The highest BCUT2D eigenvalue weighted by Gasteiger charge is 2.36. The van der Waals surface area contributed by atoms with Crippen LogP contribution in [0, 0.1) is 11.3 Å². The Kier molecular flexibility index (Phi) is 4.43. The average Bonchev–Trinajstić information content (AvgIpc) is 2.84. The molecule has 120 valence electrons. The predicted molar refractivity (Wildman–Crippen MR) is 83.6 cm³/mol. The van der Waals surface area contributed by atoms with E-state index in [9.17, 15) is 18.0 Å². The van der Waals surface area contributed by atoms with E-state index in [1.54, 1.807) is 0 Å². The summed E-state index contributed by atoms with van der Waals surface area (Å²) in [5, 5.41) is 9.30. The van der Waals surface area contributed by atoms with Crippen LogP contribution >= 0.6 is 11.8 Å². The van der Waals surface area contributed by atoms with Crippen LogP contribution in [-0.4, -0.2) is 22.9 Å². The number of rotatable bonds is 2. The minimum Gasteiger partial charge on any atom is -0.397 e. The highest BCUT2D eigenvalue weighted by molar-refractivity contribution is 8.02. The molecule has 0 atom stereocenters. The quantitative estimate of drug-likeness (QED) is 0.905. The molecule has 0 aliphatic heterocycles. The van der Waals surface area contributed by atoms with Crippen LogP contribution in [0.3, 0.4) is 0 Å². The van der Waals surface area contributed by atoms with Crippen molar-refractivity contribution in [3.05, 3.63) is 40.4 Å². The molecule has 0 spiro atoms. The first-order chi connectivity index (χ1) is 10.7. The summed E-state index contributed by atoms with van der Waals surface area (Å²) in [7, 11) is 0. The summed E-state index contributed by atoms with van der Waals surface area (Å²) in [6.45, 7) is 1.29. The number of allylic oxidation sites excluding steroid dienone is 1. The fourth-order valence-corrected chi connectivity index (χ4v) is 2.84. The van der Waals surface area contributed by atoms with E-state index in [-0.39, 0.29) is 17.0 Å². The van der Waals surface area contributed by atoms with Crippen LogP contribution in [0.2, 0.25) is 0 Å². The van der Waals surface area contributed by atoms with Crippen molar-refractivity contribution in [3.8, 4) is 6.07 Å². The minimum absolute atomic E-state index is 0.0778. The average molecular weight is 339 g/mol. The standard InChI is InChI=1S/C15H12F3N3OS/c1-8(22)21-7-11(13(20)14(23-2)15(16,17)18)10-5-9(6-19)3-4-12(10)21/h3-5,7H,20H2,1-2H3/b14-13-. The fourth-order valence-electron chi connectivity index (χ4n) is 2.28. The Labute approximate surface area is 134 Å². The number of fused-ring (bicyclic) bond motifs is 1. The Morgan fingerprint density at radius 3 is 2.52 bits per heavy atom. The van der Waals surface area contributed by atoms with E-state index in [4.69, 9.17) is 11.0 Å². The molecule has 0 fully saturated rings. The third-order valence-corrected chi connectivity index (χ3v) is 4.13. The molecule has 0 aliphatic carbocycles. The van der Waals surface area contributed by atoms with Crippen molar-refractivity contribution >= 4 is 34.3 Å². The van der Waals surface area contributed by atoms with Gasteiger partial charge in [-0.3, -0.25) is 9.36 Å². The highest BCUT2D eigenvalue weighted by atomic mass is 32.2. The van der Waals surface area contributed by atoms with Crippen LogP contribution < -0.4 is 5.73 Å². The molecule has 1 aromatic heterocycles. The van der Waals surface area contributed by atoms with Crippen LogP contribution in [0.4, 0.5) is 13.2 Å². The van der Waals surface area contributed by atoms with E-state index in [0.29, 0.717) is 22.7 Å². The summed E-state index contributed by atoms with van der Waals surface area (Å²) in [4.78, 5) is 10.8. The van der Waals surface area contributed by atoms with E-state index in [2.05, 4.69) is 0 Å². The Bertz CT molecular complexity index is 859. The van der Waals surface area contributed by atoms with Crippen LogP contribution in [0.25, 0.3) is 16.6 Å². The molecule has 0 bridgehead atoms. The summed E-state index contributed by atoms with van der Waals surface area (Å²) in [5.74, 6) is -0.364. The van der Waals surface area contributed by atoms with Gasteiger partial charge < -0.3 is 5.73 Å². The second-order valence-electron chi connectivity index (χ2n) is 4.72. The van der Waals surface area contributed by atoms with Gasteiger partial charge in [0.25, 0.3) is 0 Å². The summed E-state index contributed by atoms with van der Waals surface area (Å²) in [6.07, 6.45) is -2.05. The SMILES string of the molecule is CS/C(=C(\N)c1cn(C(C)=O)c2ccc(C#N)cc12)C(F)(F)F. The molecular weight excluding hydrogens is 327 g/mol. The molecule has 8 heteroatoms. The highest BCUT2D eigenvalue weighted by Crippen LogP contribution is 2.39. The van der Waals surface area contributed by atoms with Crippen LogP contribution in [0.5, 0.6) is 0 Å². The topological polar surface area (TPSA) is 71.8 Å². The molecular formula is C15H12F3N3OS. The molecule has 1 aromatic carbocycles. The monoisotopic (exact) mass is 339 g/mol. The van der Waals surface area contributed by atoms with Crippen molar-refractivity contribution in [1.82, 2.24) is 4.57 Å². The fraction of sp³-hybridized carbons (Fsp3) is 0.200. The molecule has 0 aliphatic rings. The smallest absolute Gasteiger partial charge is 0.397 e. The maximum Gasteiger partial charge on any atom is 0.424 e. The van der Waals surface area contributed by atoms with E-state index in [1.165, 1.54) is 42.1 Å². The lowest BCUT2D eigenvalue weighted by Crippen LogP contribution is -2.14. The molecule has 2 rings (SSSR count). The van der Waals surface area contributed by atoms with E-state index >= 15 is 0 Å². The number of alkyl halides is 3. The van der Waals surface area contributed by atoms with Gasteiger partial charge in [-0.25, -0.2) is 0 Å². The zero-order chi connectivity index (χ0) is 17.4. The number of halogens is 3. The molecule has 0 unspecified atom stereocenters. The molecule has 4 nitrogen and oxygen atoms in total. The van der Waals surface area contributed by atoms with Crippen LogP contribution in [0.1, 0.15) is 22.8 Å². The largest absolute Gasteiger partial charge is 0.424 e.